The zero-order valence-corrected chi connectivity index (χ0v) is 10.3. The molecule has 1 aliphatic rings. The van der Waals surface area contributed by atoms with Crippen molar-refractivity contribution in [1.82, 2.24) is 5.32 Å². The monoisotopic (exact) mass is 215 g/mol. The van der Waals surface area contributed by atoms with E-state index in [-0.39, 0.29) is 0 Å². The Bertz CT molecular complexity index is 156. The van der Waals surface area contributed by atoms with Crippen LogP contribution in [0.3, 0.4) is 0 Å². The summed E-state index contributed by atoms with van der Waals surface area (Å²) in [5.41, 5.74) is 0. The quantitative estimate of drug-likeness (QED) is 0.701. The molecule has 2 unspecified atom stereocenters. The predicted octanol–water partition coefficient (Wildman–Crippen LogP) is 1.67. The van der Waals surface area contributed by atoms with Gasteiger partial charge in [-0.25, -0.2) is 0 Å². The highest BCUT2D eigenvalue weighted by Crippen LogP contribution is 2.12. The summed E-state index contributed by atoms with van der Waals surface area (Å²) in [6, 6.07) is 0. The maximum atomic E-state index is 5.77. The number of rotatable bonds is 7. The van der Waals surface area contributed by atoms with Crippen LogP contribution in [0.15, 0.2) is 0 Å². The van der Waals surface area contributed by atoms with Gasteiger partial charge in [-0.3, -0.25) is 0 Å². The van der Waals surface area contributed by atoms with Crippen molar-refractivity contribution < 1.29 is 9.47 Å². The lowest BCUT2D eigenvalue weighted by atomic mass is 10.1. The standard InChI is InChI=1S/C12H25NO2/c1-10(2)6-13-7-11(3)15-9-12-4-5-14-8-12/h10-13H,4-9H2,1-3H3. The van der Waals surface area contributed by atoms with Gasteiger partial charge in [0.15, 0.2) is 0 Å². The van der Waals surface area contributed by atoms with Crippen LogP contribution in [0, 0.1) is 11.8 Å². The Morgan fingerprint density at radius 1 is 1.33 bits per heavy atom. The summed E-state index contributed by atoms with van der Waals surface area (Å²) >= 11 is 0. The Labute approximate surface area is 93.5 Å². The molecule has 1 saturated heterocycles. The van der Waals surface area contributed by atoms with Crippen LogP contribution in [-0.2, 0) is 9.47 Å². The van der Waals surface area contributed by atoms with E-state index in [4.69, 9.17) is 9.47 Å². The second-order valence-corrected chi connectivity index (χ2v) is 4.93. The molecule has 0 aliphatic carbocycles. The lowest BCUT2D eigenvalue weighted by Crippen LogP contribution is -2.30. The van der Waals surface area contributed by atoms with E-state index in [0.29, 0.717) is 17.9 Å². The van der Waals surface area contributed by atoms with E-state index in [1.165, 1.54) is 0 Å². The van der Waals surface area contributed by atoms with Crippen molar-refractivity contribution in [3.05, 3.63) is 0 Å². The van der Waals surface area contributed by atoms with E-state index < -0.39 is 0 Å². The van der Waals surface area contributed by atoms with Gasteiger partial charge in [-0.05, 0) is 25.8 Å². The summed E-state index contributed by atoms with van der Waals surface area (Å²) in [6.07, 6.45) is 1.47. The van der Waals surface area contributed by atoms with Gasteiger partial charge in [0, 0.05) is 19.1 Å². The van der Waals surface area contributed by atoms with Crippen molar-refractivity contribution in [3.8, 4) is 0 Å². The highest BCUT2D eigenvalue weighted by molar-refractivity contribution is 4.65. The predicted molar refractivity (Wildman–Crippen MR) is 62.0 cm³/mol. The van der Waals surface area contributed by atoms with Crippen LogP contribution in [0.25, 0.3) is 0 Å². The number of hydrogen-bond acceptors (Lipinski definition) is 3. The molecule has 3 heteroatoms. The summed E-state index contributed by atoms with van der Waals surface area (Å²) in [7, 11) is 0. The molecule has 3 nitrogen and oxygen atoms in total. The first kappa shape index (κ1) is 12.9. The van der Waals surface area contributed by atoms with E-state index in [9.17, 15) is 0 Å². The van der Waals surface area contributed by atoms with Crippen molar-refractivity contribution in [3.63, 3.8) is 0 Å². The number of nitrogens with one attached hydrogen (secondary N) is 1. The molecular formula is C12H25NO2. The summed E-state index contributed by atoms with van der Waals surface area (Å²) in [5.74, 6) is 1.33. The molecule has 0 bridgehead atoms. The SMILES string of the molecule is CC(C)CNCC(C)OCC1CCOC1. The largest absolute Gasteiger partial charge is 0.381 e. The van der Waals surface area contributed by atoms with Crippen molar-refractivity contribution >= 4 is 0 Å². The van der Waals surface area contributed by atoms with Gasteiger partial charge in [-0.1, -0.05) is 13.8 Å². The maximum absolute atomic E-state index is 5.77. The zero-order valence-electron chi connectivity index (χ0n) is 10.3. The van der Waals surface area contributed by atoms with Crippen LogP contribution in [-0.4, -0.2) is 39.0 Å². The lowest BCUT2D eigenvalue weighted by molar-refractivity contribution is 0.0367. The normalized spacial score (nSPS) is 23.6. The van der Waals surface area contributed by atoms with E-state index in [1.54, 1.807) is 0 Å². The van der Waals surface area contributed by atoms with Crippen LogP contribution in [0.4, 0.5) is 0 Å². The third-order valence-corrected chi connectivity index (χ3v) is 2.62. The molecule has 2 atom stereocenters. The third-order valence-electron chi connectivity index (χ3n) is 2.62. The van der Waals surface area contributed by atoms with Gasteiger partial charge in [0.2, 0.25) is 0 Å². The van der Waals surface area contributed by atoms with Gasteiger partial charge >= 0.3 is 0 Å². The highest BCUT2D eigenvalue weighted by atomic mass is 16.5. The van der Waals surface area contributed by atoms with E-state index >= 15 is 0 Å². The molecule has 0 aromatic rings. The second kappa shape index (κ2) is 7.20. The van der Waals surface area contributed by atoms with Gasteiger partial charge in [-0.2, -0.15) is 0 Å². The fourth-order valence-electron chi connectivity index (χ4n) is 1.65. The minimum Gasteiger partial charge on any atom is -0.381 e. The van der Waals surface area contributed by atoms with E-state index in [2.05, 4.69) is 26.1 Å². The van der Waals surface area contributed by atoms with Gasteiger partial charge in [0.05, 0.1) is 19.3 Å². The minimum atomic E-state index is 0.310. The summed E-state index contributed by atoms with van der Waals surface area (Å²) in [4.78, 5) is 0. The fourth-order valence-corrected chi connectivity index (χ4v) is 1.65. The number of ether oxygens (including phenoxy) is 2. The van der Waals surface area contributed by atoms with E-state index in [0.717, 1.165) is 39.3 Å². The van der Waals surface area contributed by atoms with Crippen LogP contribution in [0.1, 0.15) is 27.2 Å². The zero-order chi connectivity index (χ0) is 11.1. The Morgan fingerprint density at radius 2 is 2.13 bits per heavy atom. The van der Waals surface area contributed by atoms with Crippen molar-refractivity contribution in [1.29, 1.82) is 0 Å². The molecule has 0 spiro atoms. The van der Waals surface area contributed by atoms with Gasteiger partial charge in [0.1, 0.15) is 0 Å². The van der Waals surface area contributed by atoms with E-state index in [1.807, 2.05) is 0 Å². The molecule has 90 valence electrons. The van der Waals surface area contributed by atoms with Gasteiger partial charge < -0.3 is 14.8 Å². The molecule has 1 rings (SSSR count). The summed E-state index contributed by atoms with van der Waals surface area (Å²) < 4.78 is 11.1. The Kier molecular flexibility index (Phi) is 6.22. The first-order chi connectivity index (χ1) is 7.18. The molecule has 1 fully saturated rings. The van der Waals surface area contributed by atoms with Crippen molar-refractivity contribution in [2.24, 2.45) is 11.8 Å². The minimum absolute atomic E-state index is 0.310. The highest BCUT2D eigenvalue weighted by Gasteiger charge is 2.16. The van der Waals surface area contributed by atoms with Gasteiger partial charge in [0.25, 0.3) is 0 Å². The smallest absolute Gasteiger partial charge is 0.0671 e. The molecule has 0 aromatic carbocycles. The first-order valence-corrected chi connectivity index (χ1v) is 6.08. The summed E-state index contributed by atoms with van der Waals surface area (Å²) in [5, 5.41) is 3.40. The van der Waals surface area contributed by atoms with Crippen LogP contribution < -0.4 is 5.32 Å². The molecule has 0 saturated carbocycles. The second-order valence-electron chi connectivity index (χ2n) is 4.93. The molecule has 0 amide bonds. The molecule has 1 aliphatic heterocycles. The summed E-state index contributed by atoms with van der Waals surface area (Å²) in [6.45, 7) is 11.2. The molecule has 1 N–H and O–H groups in total. The molecule has 0 aromatic heterocycles. The topological polar surface area (TPSA) is 30.5 Å². The average molecular weight is 215 g/mol. The van der Waals surface area contributed by atoms with Crippen molar-refractivity contribution in [2.75, 3.05) is 32.9 Å². The van der Waals surface area contributed by atoms with Crippen LogP contribution in [0.2, 0.25) is 0 Å². The molecular weight excluding hydrogens is 190 g/mol. The number of hydrogen-bond donors (Lipinski definition) is 1. The average Bonchev–Trinajstić information content (AvgIpc) is 2.66. The molecule has 1 heterocycles. The van der Waals surface area contributed by atoms with Crippen LogP contribution >= 0.6 is 0 Å². The van der Waals surface area contributed by atoms with Gasteiger partial charge in [-0.15, -0.1) is 0 Å². The fraction of sp³-hybridized carbons (Fsp3) is 1.00. The lowest BCUT2D eigenvalue weighted by Gasteiger charge is -2.17. The molecule has 0 radical (unpaired) electrons. The maximum Gasteiger partial charge on any atom is 0.0671 e. The molecule has 15 heavy (non-hydrogen) atoms. The Balaban J connectivity index is 1.95. The van der Waals surface area contributed by atoms with Crippen LogP contribution in [0.5, 0.6) is 0 Å². The Morgan fingerprint density at radius 3 is 2.73 bits per heavy atom. The Hall–Kier alpha value is -0.120. The first-order valence-electron chi connectivity index (χ1n) is 6.08. The third kappa shape index (κ3) is 6.13. The van der Waals surface area contributed by atoms with Crippen molar-refractivity contribution in [2.45, 2.75) is 33.3 Å².